The molecule has 184 valence electrons. The highest BCUT2D eigenvalue weighted by Crippen LogP contribution is 2.21. The van der Waals surface area contributed by atoms with E-state index in [1.54, 1.807) is 6.08 Å². The predicted molar refractivity (Wildman–Crippen MR) is 128 cm³/mol. The van der Waals surface area contributed by atoms with Crippen LogP contribution in [0.25, 0.3) is 0 Å². The molecular formula is C22H27F2N5O4S. The highest BCUT2D eigenvalue weighted by Gasteiger charge is 2.48. The average Bonchev–Trinajstić information content (AvgIpc) is 2.82. The lowest BCUT2D eigenvalue weighted by molar-refractivity contribution is -0.135. The molecule has 0 saturated heterocycles. The van der Waals surface area contributed by atoms with Crippen molar-refractivity contribution in [3.05, 3.63) is 71.8 Å². The Hall–Kier alpha value is -3.82. The summed E-state index contributed by atoms with van der Waals surface area (Å²) in [6.07, 6.45) is 1.39. The second-order valence-electron chi connectivity index (χ2n) is 6.47. The van der Waals surface area contributed by atoms with Crippen molar-refractivity contribution in [1.29, 1.82) is 0 Å². The van der Waals surface area contributed by atoms with Crippen molar-refractivity contribution in [3.8, 4) is 11.8 Å². The summed E-state index contributed by atoms with van der Waals surface area (Å²) >= 11 is 3.89. The van der Waals surface area contributed by atoms with Gasteiger partial charge in [-0.2, -0.15) is 0 Å². The third-order valence-electron chi connectivity index (χ3n) is 4.12. The second-order valence-corrected chi connectivity index (χ2v) is 6.98. The second kappa shape index (κ2) is 15.1. The molecule has 0 aliphatic carbocycles. The summed E-state index contributed by atoms with van der Waals surface area (Å²) in [4.78, 5) is 36.2. The highest BCUT2D eigenvalue weighted by atomic mass is 32.1. The SMILES string of the molecule is C=C.CNC(=O)NC(C)(C(F)F)C(NC(=O)c1ccc(C#C/C=C/C=C(/N)S)cc1)C(=O)NO. The summed E-state index contributed by atoms with van der Waals surface area (Å²) in [5, 5.41) is 15.4. The van der Waals surface area contributed by atoms with E-state index in [2.05, 4.69) is 48.3 Å². The van der Waals surface area contributed by atoms with Crippen molar-refractivity contribution in [2.45, 2.75) is 24.9 Å². The number of nitrogens with two attached hydrogens (primary N) is 1. The maximum absolute atomic E-state index is 13.8. The molecule has 0 heterocycles. The monoisotopic (exact) mass is 495 g/mol. The van der Waals surface area contributed by atoms with Crippen LogP contribution in [0.2, 0.25) is 0 Å². The van der Waals surface area contributed by atoms with Crippen molar-refractivity contribution >= 4 is 30.5 Å². The van der Waals surface area contributed by atoms with Crippen molar-refractivity contribution in [1.82, 2.24) is 21.4 Å². The summed E-state index contributed by atoms with van der Waals surface area (Å²) in [7, 11) is 1.19. The summed E-state index contributed by atoms with van der Waals surface area (Å²) in [5.41, 5.74) is 4.62. The molecule has 0 aliphatic heterocycles. The molecule has 4 amide bonds. The number of thiol groups is 1. The van der Waals surface area contributed by atoms with Crippen molar-refractivity contribution < 1.29 is 28.4 Å². The van der Waals surface area contributed by atoms with E-state index in [-0.39, 0.29) is 5.56 Å². The zero-order valence-corrected chi connectivity index (χ0v) is 19.5. The van der Waals surface area contributed by atoms with E-state index in [9.17, 15) is 23.2 Å². The third kappa shape index (κ3) is 9.35. The molecule has 0 aliphatic rings. The van der Waals surface area contributed by atoms with Crippen LogP contribution in [-0.2, 0) is 4.79 Å². The van der Waals surface area contributed by atoms with E-state index in [1.165, 1.54) is 48.9 Å². The topological polar surface area (TPSA) is 146 Å². The minimum Gasteiger partial charge on any atom is -0.394 e. The van der Waals surface area contributed by atoms with E-state index < -0.39 is 35.9 Å². The van der Waals surface area contributed by atoms with Gasteiger partial charge in [-0.3, -0.25) is 14.8 Å². The first-order valence-corrected chi connectivity index (χ1v) is 9.95. The largest absolute Gasteiger partial charge is 0.394 e. The minimum atomic E-state index is -3.28. The third-order valence-corrected chi connectivity index (χ3v) is 4.27. The number of carbonyl (C=O) groups excluding carboxylic acids is 3. The fourth-order valence-corrected chi connectivity index (χ4v) is 2.44. The van der Waals surface area contributed by atoms with Crippen LogP contribution >= 0.6 is 12.6 Å². The molecule has 0 spiro atoms. The molecular weight excluding hydrogens is 468 g/mol. The number of hydroxylamine groups is 1. The standard InChI is InChI=1S/C20H23F2N5O4S.C2H4/c1-20(18(21)22,26-19(30)24-2)15(17(29)27-31)25-16(28)13-10-8-12(9-11-13)6-4-3-5-7-14(23)32;1-2/h3,5,7-11,15,18,31-32H,23H2,1-2H3,(H,25,28)(H,27,29)(H2,24,26,30);1-2H2/b5-3+,14-7-;. The molecule has 0 aromatic heterocycles. The molecule has 9 nitrogen and oxygen atoms in total. The maximum atomic E-state index is 13.8. The number of halogens is 2. The normalized spacial score (nSPS) is 13.3. The lowest BCUT2D eigenvalue weighted by atomic mass is 9.91. The minimum absolute atomic E-state index is 0.0316. The van der Waals surface area contributed by atoms with Gasteiger partial charge in [-0.1, -0.05) is 17.9 Å². The van der Waals surface area contributed by atoms with Crippen LogP contribution in [0.3, 0.4) is 0 Å². The molecule has 0 radical (unpaired) electrons. The van der Waals surface area contributed by atoms with Gasteiger partial charge in [0.05, 0.1) is 5.03 Å². The summed E-state index contributed by atoms with van der Waals surface area (Å²) in [5.74, 6) is 3.31. The van der Waals surface area contributed by atoms with E-state index in [0.717, 1.165) is 6.92 Å². The number of carbonyl (C=O) groups is 3. The van der Waals surface area contributed by atoms with Crippen LogP contribution in [0.5, 0.6) is 0 Å². The first-order valence-electron chi connectivity index (χ1n) is 9.50. The summed E-state index contributed by atoms with van der Waals surface area (Å²) in [6, 6.07) is 2.74. The average molecular weight is 496 g/mol. The van der Waals surface area contributed by atoms with E-state index in [4.69, 9.17) is 10.9 Å². The Morgan fingerprint density at radius 3 is 2.29 bits per heavy atom. The van der Waals surface area contributed by atoms with Gasteiger partial charge in [-0.05, 0) is 43.3 Å². The van der Waals surface area contributed by atoms with Gasteiger partial charge in [0.15, 0.2) is 0 Å². The Morgan fingerprint density at radius 2 is 1.82 bits per heavy atom. The van der Waals surface area contributed by atoms with E-state index >= 15 is 0 Å². The van der Waals surface area contributed by atoms with Gasteiger partial charge in [0, 0.05) is 18.2 Å². The molecule has 2 unspecified atom stereocenters. The van der Waals surface area contributed by atoms with Crippen molar-refractivity contribution in [2.24, 2.45) is 5.73 Å². The summed E-state index contributed by atoms with van der Waals surface area (Å²) < 4.78 is 27.5. The quantitative estimate of drug-likeness (QED) is 0.0769. The predicted octanol–water partition coefficient (Wildman–Crippen LogP) is 1.68. The number of urea groups is 1. The molecule has 0 fully saturated rings. The van der Waals surface area contributed by atoms with Gasteiger partial charge < -0.3 is 21.7 Å². The molecule has 1 rings (SSSR count). The Balaban J connectivity index is 0.00000529. The number of rotatable bonds is 7. The van der Waals surface area contributed by atoms with Crippen molar-refractivity contribution in [2.75, 3.05) is 7.05 Å². The van der Waals surface area contributed by atoms with Gasteiger partial charge in [0.25, 0.3) is 18.2 Å². The molecule has 12 heteroatoms. The first kappa shape index (κ1) is 30.2. The van der Waals surface area contributed by atoms with Crippen LogP contribution in [0, 0.1) is 11.8 Å². The molecule has 0 bridgehead atoms. The Bertz CT molecular complexity index is 970. The number of alkyl halides is 2. The maximum Gasteiger partial charge on any atom is 0.315 e. The lowest BCUT2D eigenvalue weighted by Gasteiger charge is -2.36. The molecule has 34 heavy (non-hydrogen) atoms. The smallest absolute Gasteiger partial charge is 0.315 e. The lowest BCUT2D eigenvalue weighted by Crippen LogP contribution is -2.69. The van der Waals surface area contributed by atoms with E-state index in [0.29, 0.717) is 10.6 Å². The van der Waals surface area contributed by atoms with E-state index in [1.807, 2.05) is 5.32 Å². The number of hydrogen-bond acceptors (Lipinski definition) is 6. The fraction of sp³-hybridized carbons (Fsp3) is 0.227. The number of amides is 4. The first-order chi connectivity index (χ1) is 16.0. The van der Waals surface area contributed by atoms with Crippen LogP contribution in [-0.4, -0.2) is 48.1 Å². The number of allylic oxidation sites excluding steroid dienone is 3. The Morgan fingerprint density at radius 1 is 1.24 bits per heavy atom. The van der Waals surface area contributed by atoms with Gasteiger partial charge in [-0.15, -0.1) is 25.8 Å². The highest BCUT2D eigenvalue weighted by molar-refractivity contribution is 7.84. The van der Waals surface area contributed by atoms with Crippen LogP contribution in [0.1, 0.15) is 22.8 Å². The Kier molecular flexibility index (Phi) is 13.4. The number of hydrogen-bond donors (Lipinski definition) is 7. The summed E-state index contributed by atoms with van der Waals surface area (Å²) in [6.45, 7) is 6.86. The molecule has 1 aromatic carbocycles. The number of nitrogens with one attached hydrogen (secondary N) is 4. The number of benzene rings is 1. The zero-order chi connectivity index (χ0) is 26.3. The molecule has 1 aromatic rings. The van der Waals surface area contributed by atoms with Gasteiger partial charge in [0.1, 0.15) is 11.6 Å². The van der Waals surface area contributed by atoms with Crippen LogP contribution in [0.15, 0.2) is 60.7 Å². The molecule has 0 saturated carbocycles. The van der Waals surface area contributed by atoms with Gasteiger partial charge >= 0.3 is 6.03 Å². The van der Waals surface area contributed by atoms with Crippen LogP contribution in [0.4, 0.5) is 13.6 Å². The zero-order valence-electron chi connectivity index (χ0n) is 18.6. The van der Waals surface area contributed by atoms with Gasteiger partial charge in [-0.25, -0.2) is 19.1 Å². The fourth-order valence-electron chi connectivity index (χ4n) is 2.35. The Labute approximate surface area is 201 Å². The van der Waals surface area contributed by atoms with Gasteiger partial charge in [0.2, 0.25) is 0 Å². The molecule has 7 N–H and O–H groups in total. The van der Waals surface area contributed by atoms with Crippen LogP contribution < -0.4 is 27.2 Å². The van der Waals surface area contributed by atoms with Crippen molar-refractivity contribution in [3.63, 3.8) is 0 Å². The molecule has 2 atom stereocenters.